The van der Waals surface area contributed by atoms with Crippen LogP contribution in [0.2, 0.25) is 0 Å². The van der Waals surface area contributed by atoms with Crippen LogP contribution in [0.4, 0.5) is 0 Å². The normalized spacial score (nSPS) is 12.2. The van der Waals surface area contributed by atoms with Gasteiger partial charge >= 0.3 is 0 Å². The van der Waals surface area contributed by atoms with Gasteiger partial charge in [-0.05, 0) is 36.3 Å². The lowest BCUT2D eigenvalue weighted by Gasteiger charge is -2.16. The Bertz CT molecular complexity index is 630. The van der Waals surface area contributed by atoms with Crippen LogP contribution in [-0.2, 0) is 12.8 Å². The van der Waals surface area contributed by atoms with E-state index in [4.69, 9.17) is 0 Å². The number of hydrogen-bond acceptors (Lipinski definition) is 1. The van der Waals surface area contributed by atoms with Gasteiger partial charge in [-0.25, -0.2) is 4.98 Å². The molecule has 0 fully saturated rings. The quantitative estimate of drug-likeness (QED) is 0.711. The van der Waals surface area contributed by atoms with Crippen LogP contribution in [0, 0.1) is 0 Å². The number of imidazole rings is 1. The zero-order valence-electron chi connectivity index (χ0n) is 12.1. The van der Waals surface area contributed by atoms with Gasteiger partial charge in [0.15, 0.2) is 0 Å². The van der Waals surface area contributed by atoms with Crippen LogP contribution in [0.1, 0.15) is 29.2 Å². The van der Waals surface area contributed by atoms with Crippen LogP contribution in [0.15, 0.2) is 73.2 Å². The molecule has 1 N–H and O–H groups in total. The van der Waals surface area contributed by atoms with Gasteiger partial charge in [0.1, 0.15) is 0 Å². The first-order valence-corrected chi connectivity index (χ1v) is 7.48. The van der Waals surface area contributed by atoms with Crippen molar-refractivity contribution in [3.8, 4) is 0 Å². The Labute approximate surface area is 125 Å². The third-order valence-corrected chi connectivity index (χ3v) is 3.92. The molecule has 2 nitrogen and oxygen atoms in total. The lowest BCUT2D eigenvalue weighted by molar-refractivity contribution is 0.614. The summed E-state index contributed by atoms with van der Waals surface area (Å²) in [6.45, 7) is 0. The predicted molar refractivity (Wildman–Crippen MR) is 86.2 cm³/mol. The Morgan fingerprint density at radius 3 is 2.29 bits per heavy atom. The summed E-state index contributed by atoms with van der Waals surface area (Å²) in [6, 6.07) is 21.5. The Kier molecular flexibility index (Phi) is 4.47. The van der Waals surface area contributed by atoms with Gasteiger partial charge in [0.05, 0.1) is 6.33 Å². The summed E-state index contributed by atoms with van der Waals surface area (Å²) in [4.78, 5) is 7.36. The summed E-state index contributed by atoms with van der Waals surface area (Å²) in [6.07, 6.45) is 6.95. The molecule has 0 saturated heterocycles. The average Bonchev–Trinajstić information content (AvgIpc) is 3.06. The van der Waals surface area contributed by atoms with Crippen LogP contribution in [0.25, 0.3) is 0 Å². The summed E-state index contributed by atoms with van der Waals surface area (Å²) >= 11 is 0. The van der Waals surface area contributed by atoms with Crippen molar-refractivity contribution in [2.24, 2.45) is 0 Å². The molecule has 3 rings (SSSR count). The van der Waals surface area contributed by atoms with Crippen molar-refractivity contribution in [2.75, 3.05) is 0 Å². The molecule has 1 unspecified atom stereocenters. The van der Waals surface area contributed by atoms with Gasteiger partial charge in [0.25, 0.3) is 0 Å². The van der Waals surface area contributed by atoms with Crippen molar-refractivity contribution >= 4 is 0 Å². The Morgan fingerprint density at radius 1 is 0.905 bits per heavy atom. The topological polar surface area (TPSA) is 28.7 Å². The predicted octanol–water partition coefficient (Wildman–Crippen LogP) is 4.37. The zero-order valence-corrected chi connectivity index (χ0v) is 12.1. The molecule has 0 bridgehead atoms. The van der Waals surface area contributed by atoms with Crippen LogP contribution >= 0.6 is 0 Å². The van der Waals surface area contributed by atoms with E-state index >= 15 is 0 Å². The van der Waals surface area contributed by atoms with Gasteiger partial charge in [-0.3, -0.25) is 0 Å². The molecule has 1 heterocycles. The van der Waals surface area contributed by atoms with Gasteiger partial charge in [-0.1, -0.05) is 60.7 Å². The fourth-order valence-electron chi connectivity index (χ4n) is 2.76. The number of rotatable bonds is 6. The molecule has 1 aromatic heterocycles. The number of benzene rings is 2. The highest BCUT2D eigenvalue weighted by atomic mass is 14.9. The van der Waals surface area contributed by atoms with E-state index in [1.165, 1.54) is 16.8 Å². The second kappa shape index (κ2) is 6.89. The Morgan fingerprint density at radius 2 is 1.62 bits per heavy atom. The molecule has 0 saturated carbocycles. The highest BCUT2D eigenvalue weighted by molar-refractivity contribution is 5.22. The van der Waals surface area contributed by atoms with Crippen LogP contribution < -0.4 is 0 Å². The first-order chi connectivity index (χ1) is 10.4. The molecule has 1 atom stereocenters. The second-order valence-electron chi connectivity index (χ2n) is 5.41. The van der Waals surface area contributed by atoms with E-state index in [0.29, 0.717) is 5.92 Å². The van der Waals surface area contributed by atoms with Gasteiger partial charge < -0.3 is 4.98 Å². The molecule has 0 aliphatic heterocycles. The van der Waals surface area contributed by atoms with Crippen molar-refractivity contribution in [1.29, 1.82) is 0 Å². The van der Waals surface area contributed by atoms with Gasteiger partial charge in [-0.15, -0.1) is 0 Å². The number of H-pyrrole nitrogens is 1. The lowest BCUT2D eigenvalue weighted by atomic mass is 9.89. The minimum absolute atomic E-state index is 0.520. The highest BCUT2D eigenvalue weighted by Crippen LogP contribution is 2.25. The van der Waals surface area contributed by atoms with Gasteiger partial charge in [0, 0.05) is 11.9 Å². The van der Waals surface area contributed by atoms with Crippen LogP contribution in [0.3, 0.4) is 0 Å². The largest absolute Gasteiger partial charge is 0.348 e. The number of nitrogens with zero attached hydrogens (tertiary/aromatic N) is 1. The molecular weight excluding hydrogens is 256 g/mol. The molecular formula is C19H20N2. The molecule has 0 aliphatic carbocycles. The third kappa shape index (κ3) is 3.82. The van der Waals surface area contributed by atoms with Crippen LogP contribution in [0.5, 0.6) is 0 Å². The van der Waals surface area contributed by atoms with E-state index < -0.39 is 0 Å². The zero-order chi connectivity index (χ0) is 14.3. The second-order valence-corrected chi connectivity index (χ2v) is 5.41. The van der Waals surface area contributed by atoms with E-state index in [2.05, 4.69) is 70.6 Å². The summed E-state index contributed by atoms with van der Waals surface area (Å²) < 4.78 is 0. The van der Waals surface area contributed by atoms with Gasteiger partial charge in [-0.2, -0.15) is 0 Å². The van der Waals surface area contributed by atoms with Crippen molar-refractivity contribution in [3.05, 3.63) is 90.0 Å². The highest BCUT2D eigenvalue weighted by Gasteiger charge is 2.13. The molecule has 2 aromatic carbocycles. The van der Waals surface area contributed by atoms with Crippen molar-refractivity contribution < 1.29 is 0 Å². The minimum Gasteiger partial charge on any atom is -0.348 e. The van der Waals surface area contributed by atoms with E-state index in [1.54, 1.807) is 6.33 Å². The SMILES string of the molecule is c1ccc(CCC(Cc2cnc[nH]2)c2ccccc2)cc1. The van der Waals surface area contributed by atoms with E-state index in [-0.39, 0.29) is 0 Å². The Hall–Kier alpha value is -2.35. The molecule has 0 spiro atoms. The molecule has 0 amide bonds. The van der Waals surface area contributed by atoms with Crippen molar-refractivity contribution in [2.45, 2.75) is 25.2 Å². The maximum atomic E-state index is 4.13. The van der Waals surface area contributed by atoms with Crippen molar-refractivity contribution in [1.82, 2.24) is 9.97 Å². The summed E-state index contributed by atoms with van der Waals surface area (Å²) in [7, 11) is 0. The molecule has 0 radical (unpaired) electrons. The molecule has 21 heavy (non-hydrogen) atoms. The first-order valence-electron chi connectivity index (χ1n) is 7.48. The summed E-state index contributed by atoms with van der Waals surface area (Å²) in [5.74, 6) is 0.520. The monoisotopic (exact) mass is 276 g/mol. The fourth-order valence-corrected chi connectivity index (χ4v) is 2.76. The fraction of sp³-hybridized carbons (Fsp3) is 0.211. The number of aromatic nitrogens is 2. The molecule has 106 valence electrons. The smallest absolute Gasteiger partial charge is 0.0921 e. The average molecular weight is 276 g/mol. The maximum Gasteiger partial charge on any atom is 0.0921 e. The van der Waals surface area contributed by atoms with Crippen LogP contribution in [-0.4, -0.2) is 9.97 Å². The third-order valence-electron chi connectivity index (χ3n) is 3.92. The van der Waals surface area contributed by atoms with E-state index in [9.17, 15) is 0 Å². The lowest BCUT2D eigenvalue weighted by Crippen LogP contribution is -2.05. The summed E-state index contributed by atoms with van der Waals surface area (Å²) in [5.41, 5.74) is 4.02. The van der Waals surface area contributed by atoms with Gasteiger partial charge in [0.2, 0.25) is 0 Å². The number of nitrogens with one attached hydrogen (secondary N) is 1. The van der Waals surface area contributed by atoms with E-state index in [1.807, 2.05) is 6.20 Å². The van der Waals surface area contributed by atoms with Crippen molar-refractivity contribution in [3.63, 3.8) is 0 Å². The number of aryl methyl sites for hydroxylation is 1. The maximum absolute atomic E-state index is 4.13. The molecule has 3 aromatic rings. The first kappa shape index (κ1) is 13.6. The number of hydrogen-bond donors (Lipinski definition) is 1. The van der Waals surface area contributed by atoms with E-state index in [0.717, 1.165) is 19.3 Å². The Balaban J connectivity index is 1.73. The number of aromatic amines is 1. The molecule has 2 heteroatoms. The standard InChI is InChI=1S/C19H20N2/c1-3-7-16(8-4-1)11-12-18(13-19-14-20-15-21-19)17-9-5-2-6-10-17/h1-10,14-15,18H,11-13H2,(H,20,21). The summed E-state index contributed by atoms with van der Waals surface area (Å²) in [5, 5.41) is 0. The molecule has 0 aliphatic rings. The minimum atomic E-state index is 0.520.